The lowest BCUT2D eigenvalue weighted by Crippen LogP contribution is -2.38. The molecule has 1 heterocycles. The van der Waals surface area contributed by atoms with Gasteiger partial charge >= 0.3 is 18.0 Å². The first kappa shape index (κ1) is 19.2. The number of carbonyl (C=O) groups is 2. The number of carbonyl (C=O) groups excluding carboxylic acids is 2. The fourth-order valence-electron chi connectivity index (χ4n) is 1.94. The highest BCUT2D eigenvalue weighted by atomic mass is 32.2. The van der Waals surface area contributed by atoms with Crippen LogP contribution in [-0.2, 0) is 16.0 Å². The van der Waals surface area contributed by atoms with Gasteiger partial charge in [-0.05, 0) is 19.1 Å². The largest absolute Gasteiger partial charge is 0.755 e. The SMILES string of the molecule is COC(=O)c1ccccc1N(C(=O)Nc1nc(C)nc(OC)n1)S(=O)[O-]. The molecule has 1 atom stereocenters. The molecule has 2 aromatic rings. The molecule has 0 aliphatic heterocycles. The van der Waals surface area contributed by atoms with Crippen molar-refractivity contribution in [2.75, 3.05) is 23.8 Å². The molecule has 11 nitrogen and oxygen atoms in total. The Morgan fingerprint density at radius 3 is 2.50 bits per heavy atom. The number of nitrogens with zero attached hydrogens (tertiary/aromatic N) is 4. The van der Waals surface area contributed by atoms with Crippen LogP contribution in [0.5, 0.6) is 6.01 Å². The third-order valence-electron chi connectivity index (χ3n) is 2.99. The van der Waals surface area contributed by atoms with Crippen molar-refractivity contribution in [3.05, 3.63) is 35.7 Å². The van der Waals surface area contributed by atoms with E-state index < -0.39 is 23.3 Å². The van der Waals surface area contributed by atoms with Crippen LogP contribution >= 0.6 is 0 Å². The summed E-state index contributed by atoms with van der Waals surface area (Å²) < 4.78 is 33.1. The van der Waals surface area contributed by atoms with Crippen molar-refractivity contribution in [3.63, 3.8) is 0 Å². The van der Waals surface area contributed by atoms with Crippen molar-refractivity contribution in [2.45, 2.75) is 6.92 Å². The first-order chi connectivity index (χ1) is 12.4. The smallest absolute Gasteiger partial charge is 0.340 e. The predicted molar refractivity (Wildman–Crippen MR) is 89.3 cm³/mol. The van der Waals surface area contributed by atoms with Crippen LogP contribution < -0.4 is 14.4 Å². The van der Waals surface area contributed by atoms with Gasteiger partial charge in [-0.3, -0.25) is 9.53 Å². The lowest BCUT2D eigenvalue weighted by atomic mass is 10.2. The van der Waals surface area contributed by atoms with Crippen molar-refractivity contribution < 1.29 is 27.8 Å². The Hall–Kier alpha value is -3.12. The number of aryl methyl sites for hydroxylation is 1. The number of para-hydroxylation sites is 1. The summed E-state index contributed by atoms with van der Waals surface area (Å²) in [7, 11) is 2.46. The normalized spacial score (nSPS) is 11.4. The van der Waals surface area contributed by atoms with Gasteiger partial charge in [-0.2, -0.15) is 15.0 Å². The van der Waals surface area contributed by atoms with Crippen molar-refractivity contribution in [2.24, 2.45) is 0 Å². The van der Waals surface area contributed by atoms with Crippen LogP contribution in [-0.4, -0.2) is 49.9 Å². The number of esters is 1. The Morgan fingerprint density at radius 1 is 1.19 bits per heavy atom. The van der Waals surface area contributed by atoms with Crippen LogP contribution in [0.4, 0.5) is 16.4 Å². The Morgan fingerprint density at radius 2 is 1.88 bits per heavy atom. The zero-order chi connectivity index (χ0) is 19.3. The second kappa shape index (κ2) is 8.31. The lowest BCUT2D eigenvalue weighted by molar-refractivity contribution is 0.0602. The number of methoxy groups -OCH3 is 2. The topological polar surface area (TPSA) is 147 Å². The molecule has 0 bridgehead atoms. The predicted octanol–water partition coefficient (Wildman–Crippen LogP) is 0.808. The van der Waals surface area contributed by atoms with E-state index in [0.717, 1.165) is 7.11 Å². The number of hydrogen-bond donors (Lipinski definition) is 1. The zero-order valence-corrected chi connectivity index (χ0v) is 14.8. The van der Waals surface area contributed by atoms with Crippen molar-refractivity contribution in [3.8, 4) is 6.01 Å². The summed E-state index contributed by atoms with van der Waals surface area (Å²) in [5.41, 5.74) is -0.304. The summed E-state index contributed by atoms with van der Waals surface area (Å²) in [4.78, 5) is 35.8. The van der Waals surface area contributed by atoms with Crippen LogP contribution in [0.2, 0.25) is 0 Å². The molecule has 2 rings (SSSR count). The summed E-state index contributed by atoms with van der Waals surface area (Å²) in [6, 6.07) is 4.40. The molecule has 1 unspecified atom stereocenters. The van der Waals surface area contributed by atoms with Gasteiger partial charge < -0.3 is 14.0 Å². The molecule has 0 aliphatic carbocycles. The fraction of sp³-hybridized carbons (Fsp3) is 0.214. The van der Waals surface area contributed by atoms with Gasteiger partial charge in [-0.1, -0.05) is 12.1 Å². The second-order valence-corrected chi connectivity index (χ2v) is 5.44. The summed E-state index contributed by atoms with van der Waals surface area (Å²) in [6.45, 7) is 1.54. The zero-order valence-electron chi connectivity index (χ0n) is 14.0. The molecular weight excluding hydrogens is 366 g/mol. The van der Waals surface area contributed by atoms with Gasteiger partial charge in [-0.25, -0.2) is 13.9 Å². The Bertz CT molecular complexity index is 861. The molecule has 0 fully saturated rings. The van der Waals surface area contributed by atoms with Gasteiger partial charge in [0.2, 0.25) is 5.95 Å². The summed E-state index contributed by atoms with van der Waals surface area (Å²) in [6.07, 6.45) is 0. The molecular formula is C14H14N5O6S-. The van der Waals surface area contributed by atoms with E-state index in [0.29, 0.717) is 4.31 Å². The molecule has 1 N–H and O–H groups in total. The molecule has 0 aliphatic rings. The van der Waals surface area contributed by atoms with Crippen LogP contribution in [0, 0.1) is 6.92 Å². The average molecular weight is 380 g/mol. The molecule has 1 aromatic heterocycles. The van der Waals surface area contributed by atoms with E-state index in [1.807, 2.05) is 0 Å². The minimum absolute atomic E-state index is 0.0578. The number of amides is 2. The van der Waals surface area contributed by atoms with Crippen LogP contribution in [0.15, 0.2) is 24.3 Å². The molecule has 2 amide bonds. The van der Waals surface area contributed by atoms with E-state index in [-0.39, 0.29) is 29.0 Å². The third kappa shape index (κ3) is 4.29. The van der Waals surface area contributed by atoms with Gasteiger partial charge in [0, 0.05) is 0 Å². The Labute approximate surface area is 150 Å². The van der Waals surface area contributed by atoms with Gasteiger partial charge in [0.1, 0.15) is 5.82 Å². The molecule has 0 saturated heterocycles. The molecule has 138 valence electrons. The van der Waals surface area contributed by atoms with E-state index in [1.54, 1.807) is 0 Å². The molecule has 12 heteroatoms. The standard InChI is InChI=1S/C14H15N5O6S/c1-8-15-12(17-13(16-8)25-3)18-14(21)19(26(22)23)10-7-5-4-6-9(10)11(20)24-2/h4-7H,1-3H3,(H,22,23)(H,15,16,17,18,21)/p-1. The molecule has 0 spiro atoms. The monoisotopic (exact) mass is 380 g/mol. The van der Waals surface area contributed by atoms with E-state index in [2.05, 4.69) is 25.0 Å². The first-order valence-corrected chi connectivity index (χ1v) is 8.05. The minimum atomic E-state index is -3.04. The number of rotatable bonds is 5. The average Bonchev–Trinajstić information content (AvgIpc) is 2.60. The maximum absolute atomic E-state index is 12.5. The third-order valence-corrected chi connectivity index (χ3v) is 3.65. The van der Waals surface area contributed by atoms with Gasteiger partial charge in [0.15, 0.2) is 0 Å². The molecule has 0 radical (unpaired) electrons. The summed E-state index contributed by atoms with van der Waals surface area (Å²) in [5, 5.41) is 2.22. The van der Waals surface area contributed by atoms with Gasteiger partial charge in [-0.15, -0.1) is 0 Å². The number of urea groups is 1. The number of aromatic nitrogens is 3. The van der Waals surface area contributed by atoms with Crippen LogP contribution in [0.3, 0.4) is 0 Å². The molecule has 1 aromatic carbocycles. The van der Waals surface area contributed by atoms with E-state index in [4.69, 9.17) is 4.74 Å². The van der Waals surface area contributed by atoms with E-state index >= 15 is 0 Å². The number of ether oxygens (including phenoxy) is 2. The maximum Gasteiger partial charge on any atom is 0.340 e. The Kier molecular flexibility index (Phi) is 6.14. The fourth-order valence-corrected chi connectivity index (χ4v) is 2.44. The van der Waals surface area contributed by atoms with Gasteiger partial charge in [0.05, 0.1) is 36.7 Å². The summed E-state index contributed by atoms with van der Waals surface area (Å²) >= 11 is -3.04. The lowest BCUT2D eigenvalue weighted by Gasteiger charge is -2.25. The maximum atomic E-state index is 12.5. The number of benzene rings is 1. The molecule has 0 saturated carbocycles. The molecule has 26 heavy (non-hydrogen) atoms. The highest BCUT2D eigenvalue weighted by Gasteiger charge is 2.24. The highest BCUT2D eigenvalue weighted by molar-refractivity contribution is 7.81. The van der Waals surface area contributed by atoms with Crippen LogP contribution in [0.1, 0.15) is 16.2 Å². The number of nitrogens with one attached hydrogen (secondary N) is 1. The minimum Gasteiger partial charge on any atom is -0.755 e. The van der Waals surface area contributed by atoms with Crippen molar-refractivity contribution in [1.82, 2.24) is 15.0 Å². The van der Waals surface area contributed by atoms with E-state index in [1.165, 1.54) is 38.3 Å². The van der Waals surface area contributed by atoms with Crippen molar-refractivity contribution in [1.29, 1.82) is 0 Å². The highest BCUT2D eigenvalue weighted by Crippen LogP contribution is 2.23. The van der Waals surface area contributed by atoms with Crippen molar-refractivity contribution >= 4 is 34.9 Å². The number of hydrogen-bond acceptors (Lipinski definition) is 9. The summed E-state index contributed by atoms with van der Waals surface area (Å²) in [5.74, 6) is -0.774. The first-order valence-electron chi connectivity index (χ1n) is 7.02. The number of anilines is 2. The van der Waals surface area contributed by atoms with Crippen LogP contribution in [0.25, 0.3) is 0 Å². The quantitative estimate of drug-likeness (QED) is 0.587. The van der Waals surface area contributed by atoms with Gasteiger partial charge in [0.25, 0.3) is 0 Å². The second-order valence-electron chi connectivity index (χ2n) is 4.64. The Balaban J connectivity index is 2.40. The van der Waals surface area contributed by atoms with E-state index in [9.17, 15) is 18.4 Å².